The van der Waals surface area contributed by atoms with Crippen LogP contribution in [0.5, 0.6) is 0 Å². The molecule has 4 rings (SSSR count). The number of nitrogens with one attached hydrogen (secondary N) is 1. The van der Waals surface area contributed by atoms with Gasteiger partial charge in [0.15, 0.2) is 0 Å². The first kappa shape index (κ1) is 25.7. The van der Waals surface area contributed by atoms with Crippen LogP contribution in [0.3, 0.4) is 0 Å². The predicted octanol–water partition coefficient (Wildman–Crippen LogP) is 3.56. The number of likely N-dealkylation sites (tertiary alicyclic amines) is 1. The summed E-state index contributed by atoms with van der Waals surface area (Å²) in [4.78, 5) is 31.7. The van der Waals surface area contributed by atoms with Crippen molar-refractivity contribution in [3.05, 3.63) is 65.1 Å². The molecule has 1 unspecified atom stereocenters. The molecule has 8 nitrogen and oxygen atoms in total. The standard InChI is InChI=1S/C26H29FN4O4S/c1-15(33)11-17-5-6-18(20(27)12-17)22-13-19(24(28)34)25(36-22)30-23-4-2-3-21(29-23)26(35)31-9-7-16(14-32)8-10-31/h2-6,12-13,15-16,32-33H,7-11,14H2,1H3,(H2,28,34)(H,29,30). The summed E-state index contributed by atoms with van der Waals surface area (Å²) in [5.74, 6) is -0.765. The molecule has 1 aromatic carbocycles. The third-order valence-electron chi connectivity index (χ3n) is 6.20. The van der Waals surface area contributed by atoms with Gasteiger partial charge in [0.05, 0.1) is 11.7 Å². The SMILES string of the molecule is CC(O)Cc1ccc(-c2cc(C(N)=O)c(Nc3cccc(C(=O)N4CCC(CO)CC4)n3)s2)c(F)c1. The quantitative estimate of drug-likeness (QED) is 0.365. The van der Waals surface area contributed by atoms with Gasteiger partial charge in [0.2, 0.25) is 0 Å². The molecule has 2 amide bonds. The maximum atomic E-state index is 14.8. The van der Waals surface area contributed by atoms with Crippen LogP contribution in [-0.2, 0) is 6.42 Å². The van der Waals surface area contributed by atoms with Gasteiger partial charge in [-0.05, 0) is 61.9 Å². The number of hydrogen-bond donors (Lipinski definition) is 4. The zero-order valence-electron chi connectivity index (χ0n) is 19.9. The number of aliphatic hydroxyl groups is 2. The maximum Gasteiger partial charge on any atom is 0.272 e. The summed E-state index contributed by atoms with van der Waals surface area (Å²) in [5.41, 5.74) is 7.01. The smallest absolute Gasteiger partial charge is 0.272 e. The van der Waals surface area contributed by atoms with Gasteiger partial charge in [-0.1, -0.05) is 18.2 Å². The number of carbonyl (C=O) groups excluding carboxylic acids is 2. The number of nitrogens with two attached hydrogens (primary N) is 1. The fraction of sp³-hybridized carbons (Fsp3) is 0.346. The molecule has 0 aliphatic carbocycles. The van der Waals surface area contributed by atoms with Crippen molar-refractivity contribution < 1.29 is 24.2 Å². The lowest BCUT2D eigenvalue weighted by atomic mass is 9.98. The molecule has 3 aromatic rings. The van der Waals surface area contributed by atoms with Gasteiger partial charge in [-0.25, -0.2) is 9.37 Å². The topological polar surface area (TPSA) is 129 Å². The van der Waals surface area contributed by atoms with Gasteiger partial charge in [-0.2, -0.15) is 0 Å². The van der Waals surface area contributed by atoms with E-state index in [2.05, 4.69) is 10.3 Å². The Balaban J connectivity index is 1.56. The number of nitrogens with zero attached hydrogens (tertiary/aromatic N) is 2. The lowest BCUT2D eigenvalue weighted by Gasteiger charge is -2.30. The number of pyridine rings is 1. The molecule has 1 saturated heterocycles. The highest BCUT2D eigenvalue weighted by atomic mass is 32.1. The van der Waals surface area contributed by atoms with E-state index >= 15 is 0 Å². The molecule has 0 bridgehead atoms. The summed E-state index contributed by atoms with van der Waals surface area (Å²) in [5, 5.41) is 22.3. The number of carbonyl (C=O) groups is 2. The fourth-order valence-electron chi connectivity index (χ4n) is 4.25. The number of aromatic nitrogens is 1. The minimum absolute atomic E-state index is 0.126. The number of thiophene rings is 1. The number of rotatable bonds is 8. The van der Waals surface area contributed by atoms with Crippen molar-refractivity contribution in [3.8, 4) is 10.4 Å². The van der Waals surface area contributed by atoms with Crippen molar-refractivity contribution in [2.45, 2.75) is 32.3 Å². The molecule has 0 radical (unpaired) electrons. The summed E-state index contributed by atoms with van der Waals surface area (Å²) in [7, 11) is 0. The molecule has 1 aliphatic rings. The largest absolute Gasteiger partial charge is 0.396 e. The van der Waals surface area contributed by atoms with E-state index in [-0.39, 0.29) is 29.7 Å². The van der Waals surface area contributed by atoms with Crippen molar-refractivity contribution in [1.29, 1.82) is 0 Å². The first-order valence-electron chi connectivity index (χ1n) is 11.8. The molecular formula is C26H29FN4O4S. The number of anilines is 2. The van der Waals surface area contributed by atoms with Gasteiger partial charge in [0, 0.05) is 30.1 Å². The number of piperidine rings is 1. The molecule has 1 aliphatic heterocycles. The van der Waals surface area contributed by atoms with Crippen molar-refractivity contribution in [3.63, 3.8) is 0 Å². The second-order valence-electron chi connectivity index (χ2n) is 9.04. The molecule has 10 heteroatoms. The number of benzene rings is 1. The summed E-state index contributed by atoms with van der Waals surface area (Å²) in [6, 6.07) is 11.3. The van der Waals surface area contributed by atoms with Crippen molar-refractivity contribution in [2.24, 2.45) is 11.7 Å². The summed E-state index contributed by atoms with van der Waals surface area (Å²) in [6.07, 6.45) is 1.24. The van der Waals surface area contributed by atoms with Gasteiger partial charge in [-0.3, -0.25) is 9.59 Å². The van der Waals surface area contributed by atoms with E-state index in [1.54, 1.807) is 42.2 Å². The van der Waals surface area contributed by atoms with Crippen LogP contribution in [0.25, 0.3) is 10.4 Å². The van der Waals surface area contributed by atoms with Crippen molar-refractivity contribution in [1.82, 2.24) is 9.88 Å². The Morgan fingerprint density at radius 3 is 2.64 bits per heavy atom. The first-order valence-corrected chi connectivity index (χ1v) is 12.6. The zero-order chi connectivity index (χ0) is 25.8. The monoisotopic (exact) mass is 512 g/mol. The number of hydrogen-bond acceptors (Lipinski definition) is 7. The normalized spacial score (nSPS) is 15.1. The van der Waals surface area contributed by atoms with E-state index in [1.165, 1.54) is 12.1 Å². The highest BCUT2D eigenvalue weighted by Gasteiger charge is 2.24. The van der Waals surface area contributed by atoms with E-state index in [4.69, 9.17) is 5.73 Å². The van der Waals surface area contributed by atoms with Crippen molar-refractivity contribution >= 4 is 34.0 Å². The molecule has 190 valence electrons. The molecule has 5 N–H and O–H groups in total. The van der Waals surface area contributed by atoms with E-state index in [9.17, 15) is 24.2 Å². The Morgan fingerprint density at radius 2 is 2.00 bits per heavy atom. The predicted molar refractivity (Wildman–Crippen MR) is 137 cm³/mol. The second-order valence-corrected chi connectivity index (χ2v) is 10.1. The average Bonchev–Trinajstić information content (AvgIpc) is 3.27. The van der Waals surface area contributed by atoms with Gasteiger partial charge in [-0.15, -0.1) is 11.3 Å². The van der Waals surface area contributed by atoms with Crippen LogP contribution in [0, 0.1) is 11.7 Å². The van der Waals surface area contributed by atoms with Crippen LogP contribution in [0.1, 0.15) is 46.2 Å². The number of halogens is 1. The van der Waals surface area contributed by atoms with Crippen LogP contribution >= 0.6 is 11.3 Å². The molecule has 3 heterocycles. The van der Waals surface area contributed by atoms with Crippen LogP contribution in [0.15, 0.2) is 42.5 Å². The van der Waals surface area contributed by atoms with Crippen LogP contribution in [0.2, 0.25) is 0 Å². The van der Waals surface area contributed by atoms with E-state index in [0.29, 0.717) is 46.3 Å². The third-order valence-corrected chi connectivity index (χ3v) is 7.28. The summed E-state index contributed by atoms with van der Waals surface area (Å²) < 4.78 is 14.8. The molecule has 1 atom stereocenters. The average molecular weight is 513 g/mol. The Morgan fingerprint density at radius 1 is 1.25 bits per heavy atom. The number of aliphatic hydroxyl groups excluding tert-OH is 2. The maximum absolute atomic E-state index is 14.8. The fourth-order valence-corrected chi connectivity index (χ4v) is 5.34. The van der Waals surface area contributed by atoms with E-state index in [0.717, 1.165) is 24.2 Å². The van der Waals surface area contributed by atoms with E-state index in [1.807, 2.05) is 0 Å². The van der Waals surface area contributed by atoms with Crippen LogP contribution < -0.4 is 11.1 Å². The Labute approximate surface area is 212 Å². The summed E-state index contributed by atoms with van der Waals surface area (Å²) in [6.45, 7) is 2.88. The highest BCUT2D eigenvalue weighted by Crippen LogP contribution is 2.38. The first-order chi connectivity index (χ1) is 17.2. The molecule has 0 spiro atoms. The van der Waals surface area contributed by atoms with Gasteiger partial charge in [0.25, 0.3) is 11.8 Å². The van der Waals surface area contributed by atoms with Gasteiger partial charge >= 0.3 is 0 Å². The van der Waals surface area contributed by atoms with E-state index < -0.39 is 17.8 Å². The molecule has 1 fully saturated rings. The second kappa shape index (κ2) is 11.2. The lowest BCUT2D eigenvalue weighted by Crippen LogP contribution is -2.39. The molecule has 36 heavy (non-hydrogen) atoms. The lowest BCUT2D eigenvalue weighted by molar-refractivity contribution is 0.0645. The summed E-state index contributed by atoms with van der Waals surface area (Å²) >= 11 is 1.15. The zero-order valence-corrected chi connectivity index (χ0v) is 20.7. The number of primary amides is 1. The van der Waals surface area contributed by atoms with Crippen LogP contribution in [0.4, 0.5) is 15.2 Å². The highest BCUT2D eigenvalue weighted by molar-refractivity contribution is 7.20. The van der Waals surface area contributed by atoms with Gasteiger partial charge in [0.1, 0.15) is 22.3 Å². The Hall–Kier alpha value is -3.34. The molecular weight excluding hydrogens is 483 g/mol. The van der Waals surface area contributed by atoms with Crippen molar-refractivity contribution in [2.75, 3.05) is 25.0 Å². The molecule has 0 saturated carbocycles. The third kappa shape index (κ3) is 5.89. The minimum Gasteiger partial charge on any atom is -0.396 e. The van der Waals surface area contributed by atoms with Gasteiger partial charge < -0.3 is 26.2 Å². The Bertz CT molecular complexity index is 1250. The minimum atomic E-state index is -0.676. The Kier molecular flexibility index (Phi) is 7.97. The molecule has 2 aromatic heterocycles. The number of amides is 2. The van der Waals surface area contributed by atoms with Crippen LogP contribution in [-0.4, -0.2) is 57.7 Å².